The lowest BCUT2D eigenvalue weighted by atomic mass is 9.93. The molecule has 110 valence electrons. The molecular weight excluding hydrogens is 256 g/mol. The van der Waals surface area contributed by atoms with Crippen LogP contribution in [0.4, 0.5) is 5.82 Å². The van der Waals surface area contributed by atoms with Gasteiger partial charge in [-0.2, -0.15) is 5.10 Å². The summed E-state index contributed by atoms with van der Waals surface area (Å²) in [5, 5.41) is 4.22. The summed E-state index contributed by atoms with van der Waals surface area (Å²) in [5.41, 5.74) is 11.3. The van der Waals surface area contributed by atoms with E-state index >= 15 is 0 Å². The Balaban J connectivity index is 1.54. The van der Waals surface area contributed by atoms with Crippen LogP contribution in [-0.4, -0.2) is 28.4 Å². The summed E-state index contributed by atoms with van der Waals surface area (Å²) in [7, 11) is 0. The maximum atomic E-state index is 11.2. The van der Waals surface area contributed by atoms with E-state index in [1.807, 2.05) is 0 Å². The van der Waals surface area contributed by atoms with Gasteiger partial charge < -0.3 is 16.2 Å². The van der Waals surface area contributed by atoms with Gasteiger partial charge in [0.15, 0.2) is 5.82 Å². The maximum absolute atomic E-state index is 11.2. The lowest BCUT2D eigenvalue weighted by Crippen LogP contribution is -2.24. The van der Waals surface area contributed by atoms with Gasteiger partial charge in [0, 0.05) is 12.8 Å². The number of rotatable bonds is 5. The zero-order valence-electron chi connectivity index (χ0n) is 11.6. The zero-order valence-corrected chi connectivity index (χ0v) is 11.6. The van der Waals surface area contributed by atoms with Gasteiger partial charge in [0.1, 0.15) is 5.56 Å². The molecule has 6 heteroatoms. The Hall–Kier alpha value is -1.56. The van der Waals surface area contributed by atoms with Crippen LogP contribution in [0.15, 0.2) is 6.20 Å². The minimum Gasteiger partial charge on any atom is -0.382 e. The number of aromatic nitrogens is 2. The molecule has 0 atom stereocenters. The summed E-state index contributed by atoms with van der Waals surface area (Å²) in [6.45, 7) is 0.926. The summed E-state index contributed by atoms with van der Waals surface area (Å²) in [6, 6.07) is 0.297. The Labute approximate surface area is 118 Å². The van der Waals surface area contributed by atoms with Gasteiger partial charge in [-0.3, -0.25) is 9.48 Å². The molecule has 4 N–H and O–H groups in total. The van der Waals surface area contributed by atoms with Crippen molar-refractivity contribution in [3.63, 3.8) is 0 Å². The van der Waals surface area contributed by atoms with Crippen molar-refractivity contribution >= 4 is 11.7 Å². The van der Waals surface area contributed by atoms with E-state index in [1.165, 1.54) is 12.8 Å². The number of nitrogens with two attached hydrogens (primary N) is 2. The molecule has 0 unspecified atom stereocenters. The predicted molar refractivity (Wildman–Crippen MR) is 75.1 cm³/mol. The molecule has 6 nitrogen and oxygen atoms in total. The van der Waals surface area contributed by atoms with Crippen molar-refractivity contribution in [2.75, 3.05) is 12.3 Å². The normalized spacial score (nSPS) is 26.6. The SMILES string of the molecule is NC(=O)c1cn(C2CCC(OCC3CC3)CC2)nc1N. The van der Waals surface area contributed by atoms with Gasteiger partial charge in [-0.25, -0.2) is 0 Å². The number of nitrogens with zero attached hydrogens (tertiary/aromatic N) is 2. The first-order valence-electron chi connectivity index (χ1n) is 7.39. The van der Waals surface area contributed by atoms with Crippen LogP contribution in [0, 0.1) is 5.92 Å². The Morgan fingerprint density at radius 3 is 2.55 bits per heavy atom. The van der Waals surface area contributed by atoms with Crippen LogP contribution in [0.2, 0.25) is 0 Å². The highest BCUT2D eigenvalue weighted by Gasteiger charge is 2.27. The Morgan fingerprint density at radius 2 is 2.00 bits per heavy atom. The van der Waals surface area contributed by atoms with Crippen molar-refractivity contribution < 1.29 is 9.53 Å². The van der Waals surface area contributed by atoms with Gasteiger partial charge in [0.05, 0.1) is 12.1 Å². The molecule has 1 aromatic rings. The minimum atomic E-state index is -0.518. The average molecular weight is 278 g/mol. The van der Waals surface area contributed by atoms with Crippen LogP contribution in [-0.2, 0) is 4.74 Å². The molecule has 0 spiro atoms. The number of carbonyl (C=O) groups is 1. The minimum absolute atomic E-state index is 0.226. The molecule has 2 saturated carbocycles. The number of anilines is 1. The predicted octanol–water partition coefficient (Wildman–Crippen LogP) is 1.47. The Bertz CT molecular complexity index is 487. The van der Waals surface area contributed by atoms with Crippen molar-refractivity contribution in [2.45, 2.75) is 50.7 Å². The topological polar surface area (TPSA) is 96.2 Å². The molecule has 1 amide bonds. The van der Waals surface area contributed by atoms with E-state index < -0.39 is 5.91 Å². The lowest BCUT2D eigenvalue weighted by Gasteiger charge is -2.28. The number of carbonyl (C=O) groups excluding carboxylic acids is 1. The van der Waals surface area contributed by atoms with Crippen LogP contribution >= 0.6 is 0 Å². The molecule has 1 aromatic heterocycles. The van der Waals surface area contributed by atoms with Crippen molar-refractivity contribution in [2.24, 2.45) is 11.7 Å². The molecule has 3 rings (SSSR count). The van der Waals surface area contributed by atoms with Crippen molar-refractivity contribution in [1.82, 2.24) is 9.78 Å². The number of hydrogen-bond donors (Lipinski definition) is 2. The molecular formula is C14H22N4O2. The fraction of sp³-hybridized carbons (Fsp3) is 0.714. The second-order valence-corrected chi connectivity index (χ2v) is 5.98. The average Bonchev–Trinajstić information content (AvgIpc) is 3.18. The third kappa shape index (κ3) is 2.95. The summed E-state index contributed by atoms with van der Waals surface area (Å²) in [4.78, 5) is 11.2. The van der Waals surface area contributed by atoms with Gasteiger partial charge in [0.25, 0.3) is 5.91 Å². The van der Waals surface area contributed by atoms with Gasteiger partial charge in [-0.15, -0.1) is 0 Å². The highest BCUT2D eigenvalue weighted by molar-refractivity contribution is 5.96. The number of ether oxygens (including phenoxy) is 1. The van der Waals surface area contributed by atoms with E-state index in [9.17, 15) is 4.79 Å². The molecule has 2 fully saturated rings. The monoisotopic (exact) mass is 278 g/mol. The second-order valence-electron chi connectivity index (χ2n) is 5.98. The molecule has 0 saturated heterocycles. The fourth-order valence-electron chi connectivity index (χ4n) is 2.82. The van der Waals surface area contributed by atoms with E-state index in [4.69, 9.17) is 16.2 Å². The number of hydrogen-bond acceptors (Lipinski definition) is 4. The summed E-state index contributed by atoms with van der Waals surface area (Å²) in [5.74, 6) is 0.525. The van der Waals surface area contributed by atoms with Gasteiger partial charge in [-0.1, -0.05) is 0 Å². The summed E-state index contributed by atoms with van der Waals surface area (Å²) in [6.07, 6.45) is 8.83. The fourth-order valence-corrected chi connectivity index (χ4v) is 2.82. The summed E-state index contributed by atoms with van der Waals surface area (Å²) < 4.78 is 7.73. The van der Waals surface area contributed by atoms with Gasteiger partial charge in [0.2, 0.25) is 0 Å². The lowest BCUT2D eigenvalue weighted by molar-refractivity contribution is 0.0127. The van der Waals surface area contributed by atoms with Crippen LogP contribution < -0.4 is 11.5 Å². The first-order valence-corrected chi connectivity index (χ1v) is 7.39. The molecule has 2 aliphatic rings. The molecule has 0 aromatic carbocycles. The van der Waals surface area contributed by atoms with Crippen LogP contribution in [0.1, 0.15) is 54.9 Å². The molecule has 0 aliphatic heterocycles. The van der Waals surface area contributed by atoms with Crippen LogP contribution in [0.5, 0.6) is 0 Å². The summed E-state index contributed by atoms with van der Waals surface area (Å²) >= 11 is 0. The quantitative estimate of drug-likeness (QED) is 0.852. The van der Waals surface area contributed by atoms with Crippen LogP contribution in [0.25, 0.3) is 0 Å². The zero-order chi connectivity index (χ0) is 14.1. The first-order chi connectivity index (χ1) is 9.63. The largest absolute Gasteiger partial charge is 0.382 e. The second kappa shape index (κ2) is 5.44. The van der Waals surface area contributed by atoms with E-state index in [1.54, 1.807) is 10.9 Å². The smallest absolute Gasteiger partial charge is 0.254 e. The number of amides is 1. The van der Waals surface area contributed by atoms with Crippen molar-refractivity contribution in [1.29, 1.82) is 0 Å². The maximum Gasteiger partial charge on any atom is 0.254 e. The third-order valence-corrected chi connectivity index (χ3v) is 4.31. The molecule has 0 radical (unpaired) electrons. The number of nitrogen functional groups attached to an aromatic ring is 1. The van der Waals surface area contributed by atoms with Crippen LogP contribution in [0.3, 0.4) is 0 Å². The third-order valence-electron chi connectivity index (χ3n) is 4.31. The molecule has 20 heavy (non-hydrogen) atoms. The van der Waals surface area contributed by atoms with E-state index in [2.05, 4.69) is 5.10 Å². The standard InChI is InChI=1S/C14H22N4O2/c15-13-12(14(16)19)7-18(17-13)10-3-5-11(6-4-10)20-8-9-1-2-9/h7,9-11H,1-6,8H2,(H2,15,17)(H2,16,19). The highest BCUT2D eigenvalue weighted by Crippen LogP contribution is 2.33. The van der Waals surface area contributed by atoms with Gasteiger partial charge >= 0.3 is 0 Å². The first kappa shape index (κ1) is 13.4. The van der Waals surface area contributed by atoms with E-state index in [0.717, 1.165) is 38.2 Å². The number of primary amides is 1. The van der Waals surface area contributed by atoms with E-state index in [0.29, 0.717) is 17.7 Å². The molecule has 1 heterocycles. The van der Waals surface area contributed by atoms with Crippen molar-refractivity contribution in [3.05, 3.63) is 11.8 Å². The van der Waals surface area contributed by atoms with Gasteiger partial charge in [-0.05, 0) is 44.4 Å². The van der Waals surface area contributed by atoms with Crippen molar-refractivity contribution in [3.8, 4) is 0 Å². The Kier molecular flexibility index (Phi) is 3.65. The Morgan fingerprint density at radius 1 is 1.30 bits per heavy atom. The van der Waals surface area contributed by atoms with E-state index in [-0.39, 0.29) is 5.82 Å². The highest BCUT2D eigenvalue weighted by atomic mass is 16.5. The molecule has 2 aliphatic carbocycles. The molecule has 0 bridgehead atoms.